The molecule has 1 aliphatic rings. The number of aromatic nitrogens is 2. The number of benzene rings is 2. The van der Waals surface area contributed by atoms with Gasteiger partial charge in [-0.25, -0.2) is 14.4 Å². The number of fused-ring (bicyclic) bond motifs is 1. The topological polar surface area (TPSA) is 75.3 Å². The molecule has 6 nitrogen and oxygen atoms in total. The number of nitrogens with zero attached hydrogens (tertiary/aromatic N) is 4. The number of para-hydroxylation sites is 1. The van der Waals surface area contributed by atoms with Crippen molar-refractivity contribution in [3.05, 3.63) is 77.5 Å². The van der Waals surface area contributed by atoms with Gasteiger partial charge in [0, 0.05) is 18.0 Å². The molecule has 29 heavy (non-hydrogen) atoms. The van der Waals surface area contributed by atoms with Gasteiger partial charge in [0.15, 0.2) is 5.82 Å². The monoisotopic (exact) mass is 391 g/mol. The number of hydrogen-bond acceptors (Lipinski definition) is 5. The highest BCUT2D eigenvalue weighted by Crippen LogP contribution is 2.35. The van der Waals surface area contributed by atoms with Crippen molar-refractivity contribution in [1.29, 1.82) is 0 Å². The van der Waals surface area contributed by atoms with E-state index in [1.54, 1.807) is 24.3 Å². The zero-order valence-electron chi connectivity index (χ0n) is 16.3. The molecule has 4 rings (SSSR count). The van der Waals surface area contributed by atoms with Crippen LogP contribution in [0.4, 0.5) is 10.2 Å². The molecule has 1 amide bonds. The van der Waals surface area contributed by atoms with Gasteiger partial charge >= 0.3 is 0 Å². The third kappa shape index (κ3) is 3.40. The molecule has 0 bridgehead atoms. The van der Waals surface area contributed by atoms with E-state index < -0.39 is 5.91 Å². The second-order valence-electron chi connectivity index (χ2n) is 6.96. The Labute approximate surface area is 168 Å². The second kappa shape index (κ2) is 7.50. The van der Waals surface area contributed by atoms with Gasteiger partial charge in [-0.3, -0.25) is 14.8 Å². The zero-order chi connectivity index (χ0) is 20.5. The van der Waals surface area contributed by atoms with Gasteiger partial charge in [-0.2, -0.15) is 0 Å². The lowest BCUT2D eigenvalue weighted by Gasteiger charge is -2.42. The molecule has 0 fully saturated rings. The summed E-state index contributed by atoms with van der Waals surface area (Å²) in [7, 11) is 0. The Balaban J connectivity index is 1.92. The molecule has 0 spiro atoms. The number of rotatable bonds is 6. The van der Waals surface area contributed by atoms with Crippen LogP contribution in [0.1, 0.15) is 41.6 Å². The zero-order valence-corrected chi connectivity index (χ0v) is 16.3. The lowest BCUT2D eigenvalue weighted by Crippen LogP contribution is -2.45. The number of hydrazine groups is 1. The van der Waals surface area contributed by atoms with Gasteiger partial charge < -0.3 is 5.73 Å². The maximum Gasteiger partial charge on any atom is 0.250 e. The molecule has 0 saturated carbocycles. The van der Waals surface area contributed by atoms with Gasteiger partial charge in [-0.1, -0.05) is 25.1 Å². The average Bonchev–Trinajstić information content (AvgIpc) is 2.69. The first-order chi connectivity index (χ1) is 14.0. The van der Waals surface area contributed by atoms with E-state index in [0.29, 0.717) is 29.1 Å². The summed E-state index contributed by atoms with van der Waals surface area (Å²) in [6.45, 7) is 4.74. The summed E-state index contributed by atoms with van der Waals surface area (Å²) in [5.74, 6) is 0.519. The fourth-order valence-electron chi connectivity index (χ4n) is 3.48. The Morgan fingerprint density at radius 3 is 2.55 bits per heavy atom. The molecular formula is C22H22FN5O. The summed E-state index contributed by atoms with van der Waals surface area (Å²) in [5.41, 5.74) is 7.45. The number of anilines is 1. The number of carbonyl (C=O) groups is 1. The summed E-state index contributed by atoms with van der Waals surface area (Å²) in [4.78, 5) is 21.4. The lowest BCUT2D eigenvalue weighted by molar-refractivity contribution is 0.100. The summed E-state index contributed by atoms with van der Waals surface area (Å²) >= 11 is 0. The van der Waals surface area contributed by atoms with Crippen LogP contribution in [0.2, 0.25) is 0 Å². The van der Waals surface area contributed by atoms with E-state index in [-0.39, 0.29) is 11.9 Å². The first-order valence-corrected chi connectivity index (χ1v) is 9.57. The van der Waals surface area contributed by atoms with E-state index >= 15 is 0 Å². The average molecular weight is 391 g/mol. The number of amides is 1. The molecule has 0 radical (unpaired) electrons. The lowest BCUT2D eigenvalue weighted by atomic mass is 10.1. The molecule has 1 atom stereocenters. The maximum absolute atomic E-state index is 13.4. The van der Waals surface area contributed by atoms with Gasteiger partial charge in [-0.05, 0) is 42.8 Å². The van der Waals surface area contributed by atoms with E-state index in [9.17, 15) is 9.18 Å². The molecule has 1 aliphatic heterocycles. The third-order valence-electron chi connectivity index (χ3n) is 5.12. The van der Waals surface area contributed by atoms with Crippen LogP contribution in [0.5, 0.6) is 0 Å². The van der Waals surface area contributed by atoms with Crippen LogP contribution in [0.3, 0.4) is 0 Å². The predicted octanol–water partition coefficient (Wildman–Crippen LogP) is 3.74. The normalized spacial score (nSPS) is 14.0. The van der Waals surface area contributed by atoms with Crippen molar-refractivity contribution in [2.45, 2.75) is 26.3 Å². The van der Waals surface area contributed by atoms with Crippen molar-refractivity contribution in [2.75, 3.05) is 11.6 Å². The van der Waals surface area contributed by atoms with E-state index in [4.69, 9.17) is 10.7 Å². The van der Waals surface area contributed by atoms with Crippen molar-refractivity contribution < 1.29 is 9.18 Å². The van der Waals surface area contributed by atoms with Crippen LogP contribution >= 0.6 is 0 Å². The molecule has 1 aromatic heterocycles. The molecule has 7 heteroatoms. The Morgan fingerprint density at radius 2 is 1.97 bits per heavy atom. The molecule has 0 saturated heterocycles. The van der Waals surface area contributed by atoms with Crippen molar-refractivity contribution in [3.8, 4) is 0 Å². The fraction of sp³-hybridized carbons (Fsp3) is 0.227. The predicted molar refractivity (Wildman–Crippen MR) is 111 cm³/mol. The first-order valence-electron chi connectivity index (χ1n) is 9.57. The standard InChI is InChI=1S/C22H22FN5O/c1-3-19-25-20-17(21(24)29)6-4-7-18(20)22(26-19)28(27-12-5-13-27)14(2)15-8-10-16(23)11-9-15/h4-12,14H,3,13H2,1-2H3,(H2,24,29)/t14-/m0/s1. The van der Waals surface area contributed by atoms with Crippen LogP contribution in [0.25, 0.3) is 10.9 Å². The quantitative estimate of drug-likeness (QED) is 0.693. The Bertz CT molecular complexity index is 1100. The van der Waals surface area contributed by atoms with Crippen LogP contribution in [0, 0.1) is 5.82 Å². The van der Waals surface area contributed by atoms with Crippen LogP contribution in [-0.2, 0) is 6.42 Å². The minimum absolute atomic E-state index is 0.124. The first kappa shape index (κ1) is 18.9. The van der Waals surface area contributed by atoms with Crippen molar-refractivity contribution in [2.24, 2.45) is 5.73 Å². The van der Waals surface area contributed by atoms with Crippen LogP contribution < -0.4 is 10.7 Å². The van der Waals surface area contributed by atoms with Gasteiger partial charge in [0.1, 0.15) is 11.6 Å². The van der Waals surface area contributed by atoms with E-state index in [1.807, 2.05) is 37.2 Å². The molecule has 3 aromatic rings. The fourth-order valence-corrected chi connectivity index (χ4v) is 3.48. The van der Waals surface area contributed by atoms with E-state index in [0.717, 1.165) is 17.5 Å². The SMILES string of the molecule is CCc1nc(N([C@@H](C)c2ccc(F)cc2)N2C=CC2)c2cccc(C(N)=O)c2n1. The summed E-state index contributed by atoms with van der Waals surface area (Å²) in [5, 5.41) is 4.85. The number of primary amides is 1. The Morgan fingerprint density at radius 1 is 1.24 bits per heavy atom. The van der Waals surface area contributed by atoms with Crippen molar-refractivity contribution in [3.63, 3.8) is 0 Å². The van der Waals surface area contributed by atoms with E-state index in [2.05, 4.69) is 9.99 Å². The second-order valence-corrected chi connectivity index (χ2v) is 6.96. The van der Waals surface area contributed by atoms with Crippen LogP contribution in [-0.4, -0.2) is 27.4 Å². The van der Waals surface area contributed by atoms with Gasteiger partial charge in [-0.15, -0.1) is 0 Å². The third-order valence-corrected chi connectivity index (χ3v) is 5.12. The molecule has 0 aliphatic carbocycles. The summed E-state index contributed by atoms with van der Waals surface area (Å²) in [6, 6.07) is 11.7. The Kier molecular flexibility index (Phi) is 4.88. The maximum atomic E-state index is 13.4. The molecule has 148 valence electrons. The van der Waals surface area contributed by atoms with Crippen molar-refractivity contribution >= 4 is 22.6 Å². The number of carbonyl (C=O) groups excluding carboxylic acids is 1. The summed E-state index contributed by atoms with van der Waals surface area (Å²) in [6.07, 6.45) is 4.63. The minimum atomic E-state index is -0.524. The van der Waals surface area contributed by atoms with E-state index in [1.165, 1.54) is 12.1 Å². The smallest absolute Gasteiger partial charge is 0.250 e. The van der Waals surface area contributed by atoms with Gasteiger partial charge in [0.05, 0.1) is 23.7 Å². The highest BCUT2D eigenvalue weighted by atomic mass is 19.1. The minimum Gasteiger partial charge on any atom is -0.366 e. The molecule has 0 unspecified atom stereocenters. The van der Waals surface area contributed by atoms with Gasteiger partial charge in [0.25, 0.3) is 5.91 Å². The number of nitrogens with two attached hydrogens (primary N) is 1. The highest BCUT2D eigenvalue weighted by molar-refractivity contribution is 6.07. The van der Waals surface area contributed by atoms with Crippen molar-refractivity contribution in [1.82, 2.24) is 15.0 Å². The molecule has 2 heterocycles. The summed E-state index contributed by atoms with van der Waals surface area (Å²) < 4.78 is 13.4. The largest absolute Gasteiger partial charge is 0.366 e. The molecule has 2 aromatic carbocycles. The van der Waals surface area contributed by atoms with Crippen LogP contribution in [0.15, 0.2) is 54.7 Å². The highest BCUT2D eigenvalue weighted by Gasteiger charge is 2.28. The Hall–Kier alpha value is -3.48. The number of halogens is 1. The molecular weight excluding hydrogens is 369 g/mol. The van der Waals surface area contributed by atoms with Gasteiger partial charge in [0.2, 0.25) is 0 Å². The molecule has 2 N–H and O–H groups in total. The number of aryl methyl sites for hydroxylation is 1. The number of hydrogen-bond donors (Lipinski definition) is 1.